The van der Waals surface area contributed by atoms with Crippen LogP contribution in [0.4, 0.5) is 0 Å². The maximum absolute atomic E-state index is 13.0. The van der Waals surface area contributed by atoms with Crippen molar-refractivity contribution in [2.45, 2.75) is 40.0 Å². The minimum atomic E-state index is -0.0664. The van der Waals surface area contributed by atoms with Crippen molar-refractivity contribution in [1.29, 1.82) is 0 Å². The first-order valence-electron chi connectivity index (χ1n) is 10.7. The molecule has 8 nitrogen and oxygen atoms in total. The Bertz CT molecular complexity index is 1250. The molecule has 0 fully saturated rings. The van der Waals surface area contributed by atoms with Crippen molar-refractivity contribution in [3.63, 3.8) is 0 Å². The van der Waals surface area contributed by atoms with E-state index in [0.29, 0.717) is 38.3 Å². The molecule has 0 radical (unpaired) electrons. The van der Waals surface area contributed by atoms with Crippen LogP contribution in [0.2, 0.25) is 0 Å². The van der Waals surface area contributed by atoms with Gasteiger partial charge in [0.15, 0.2) is 5.82 Å². The predicted molar refractivity (Wildman–Crippen MR) is 123 cm³/mol. The number of fused-ring (bicyclic) bond motifs is 1. The molecule has 1 N–H and O–H groups in total. The normalized spacial score (nSPS) is 11.5. The smallest absolute Gasteiger partial charge is 0.252 e. The highest BCUT2D eigenvalue weighted by Gasteiger charge is 2.16. The van der Waals surface area contributed by atoms with Gasteiger partial charge >= 0.3 is 0 Å². The average Bonchev–Trinajstić information content (AvgIpc) is 3.23. The second-order valence-electron chi connectivity index (χ2n) is 8.04. The Labute approximate surface area is 186 Å². The molecule has 0 aliphatic heterocycles. The lowest BCUT2D eigenvalue weighted by molar-refractivity contribution is 0.177. The summed E-state index contributed by atoms with van der Waals surface area (Å²) in [6.45, 7) is 6.85. The Morgan fingerprint density at radius 2 is 1.88 bits per heavy atom. The molecule has 8 heteroatoms. The number of hydrogen-bond donors (Lipinski definition) is 1. The summed E-state index contributed by atoms with van der Waals surface area (Å²) in [7, 11) is 1.65. The summed E-state index contributed by atoms with van der Waals surface area (Å²) in [4.78, 5) is 18.2. The van der Waals surface area contributed by atoms with E-state index in [0.717, 1.165) is 33.4 Å². The molecule has 166 valence electrons. The van der Waals surface area contributed by atoms with E-state index in [-0.39, 0.29) is 5.56 Å². The molecular formula is C24H28N6O2. The lowest BCUT2D eigenvalue weighted by atomic mass is 10.0. The summed E-state index contributed by atoms with van der Waals surface area (Å²) in [5, 5.41) is 13.1. The fourth-order valence-electron chi connectivity index (χ4n) is 3.83. The van der Waals surface area contributed by atoms with Crippen LogP contribution in [0, 0.1) is 13.8 Å². The zero-order valence-corrected chi connectivity index (χ0v) is 18.7. The van der Waals surface area contributed by atoms with Crippen LogP contribution in [0.15, 0.2) is 53.3 Å². The molecule has 0 bridgehead atoms. The van der Waals surface area contributed by atoms with Crippen molar-refractivity contribution in [3.8, 4) is 0 Å². The number of nitrogens with one attached hydrogen (secondary N) is 1. The Morgan fingerprint density at radius 1 is 1.06 bits per heavy atom. The van der Waals surface area contributed by atoms with Crippen LogP contribution < -0.4 is 5.56 Å². The highest BCUT2D eigenvalue weighted by molar-refractivity contribution is 5.83. The van der Waals surface area contributed by atoms with Gasteiger partial charge in [0.2, 0.25) is 0 Å². The highest BCUT2D eigenvalue weighted by atomic mass is 16.5. The van der Waals surface area contributed by atoms with Crippen LogP contribution in [0.1, 0.15) is 28.1 Å². The SMILES string of the molecule is COCCn1nnnc1CN(Cc1ccccc1)Cc1cc2ccc(C)c(C)c2[nH]c1=O. The van der Waals surface area contributed by atoms with Crippen LogP contribution in [-0.2, 0) is 30.9 Å². The van der Waals surface area contributed by atoms with Gasteiger partial charge in [-0.3, -0.25) is 9.69 Å². The van der Waals surface area contributed by atoms with Gasteiger partial charge in [-0.05, 0) is 52.4 Å². The van der Waals surface area contributed by atoms with Crippen molar-refractivity contribution in [2.75, 3.05) is 13.7 Å². The third-order valence-electron chi connectivity index (χ3n) is 5.75. The van der Waals surface area contributed by atoms with Gasteiger partial charge in [-0.25, -0.2) is 4.68 Å². The number of methoxy groups -OCH3 is 1. The number of rotatable bonds is 9. The quantitative estimate of drug-likeness (QED) is 0.437. The van der Waals surface area contributed by atoms with E-state index in [1.54, 1.807) is 11.8 Å². The summed E-state index contributed by atoms with van der Waals surface area (Å²) in [6, 6.07) is 16.3. The Balaban J connectivity index is 1.64. The number of nitrogens with zero attached hydrogens (tertiary/aromatic N) is 5. The second kappa shape index (κ2) is 9.84. The van der Waals surface area contributed by atoms with Crippen molar-refractivity contribution < 1.29 is 4.74 Å². The first-order valence-corrected chi connectivity index (χ1v) is 10.7. The van der Waals surface area contributed by atoms with Gasteiger partial charge < -0.3 is 9.72 Å². The maximum Gasteiger partial charge on any atom is 0.252 e. The molecule has 0 saturated heterocycles. The minimum Gasteiger partial charge on any atom is -0.383 e. The molecule has 4 rings (SSSR count). The zero-order valence-electron chi connectivity index (χ0n) is 18.7. The number of aromatic amines is 1. The average molecular weight is 433 g/mol. The monoisotopic (exact) mass is 432 g/mol. The molecule has 2 aromatic carbocycles. The number of benzene rings is 2. The van der Waals surface area contributed by atoms with Gasteiger partial charge in [0, 0.05) is 25.8 Å². The molecule has 4 aromatic rings. The Kier molecular flexibility index (Phi) is 6.72. The molecule has 32 heavy (non-hydrogen) atoms. The van der Waals surface area contributed by atoms with Gasteiger partial charge in [-0.15, -0.1) is 5.10 Å². The second-order valence-corrected chi connectivity index (χ2v) is 8.04. The molecule has 0 aliphatic carbocycles. The van der Waals surface area contributed by atoms with E-state index in [9.17, 15) is 4.79 Å². The third-order valence-corrected chi connectivity index (χ3v) is 5.75. The number of aryl methyl sites for hydroxylation is 2. The molecule has 2 aromatic heterocycles. The minimum absolute atomic E-state index is 0.0664. The van der Waals surface area contributed by atoms with Gasteiger partial charge in [0.05, 0.1) is 25.2 Å². The number of H-pyrrole nitrogens is 1. The lowest BCUT2D eigenvalue weighted by Gasteiger charge is -2.22. The van der Waals surface area contributed by atoms with Gasteiger partial charge in [0.25, 0.3) is 5.56 Å². The maximum atomic E-state index is 13.0. The van der Waals surface area contributed by atoms with Crippen LogP contribution in [-0.4, -0.2) is 43.8 Å². The lowest BCUT2D eigenvalue weighted by Crippen LogP contribution is -2.28. The summed E-state index contributed by atoms with van der Waals surface area (Å²) in [5.41, 5.74) is 4.97. The summed E-state index contributed by atoms with van der Waals surface area (Å²) in [5.74, 6) is 0.738. The van der Waals surface area contributed by atoms with E-state index in [4.69, 9.17) is 4.74 Å². The summed E-state index contributed by atoms with van der Waals surface area (Å²) in [6.07, 6.45) is 0. The van der Waals surface area contributed by atoms with E-state index in [1.165, 1.54) is 0 Å². The highest BCUT2D eigenvalue weighted by Crippen LogP contribution is 2.20. The molecule has 0 amide bonds. The van der Waals surface area contributed by atoms with Gasteiger partial charge in [-0.1, -0.05) is 42.5 Å². The molecule has 2 heterocycles. The molecule has 0 spiro atoms. The third kappa shape index (κ3) is 4.92. The van der Waals surface area contributed by atoms with Crippen molar-refractivity contribution in [1.82, 2.24) is 30.1 Å². The number of pyridine rings is 1. The number of hydrogen-bond acceptors (Lipinski definition) is 6. The largest absolute Gasteiger partial charge is 0.383 e. The fraction of sp³-hybridized carbons (Fsp3) is 0.333. The van der Waals surface area contributed by atoms with Gasteiger partial charge in [0.1, 0.15) is 0 Å². The zero-order chi connectivity index (χ0) is 22.5. The first kappa shape index (κ1) is 21.9. The van der Waals surface area contributed by atoms with Crippen molar-refractivity contribution in [2.24, 2.45) is 0 Å². The van der Waals surface area contributed by atoms with E-state index in [1.807, 2.05) is 31.2 Å². The predicted octanol–water partition coefficient (Wildman–Crippen LogP) is 2.98. The molecule has 0 unspecified atom stereocenters. The topological polar surface area (TPSA) is 88.9 Å². The molecule has 0 aliphatic rings. The van der Waals surface area contributed by atoms with Crippen LogP contribution in [0.25, 0.3) is 10.9 Å². The van der Waals surface area contributed by atoms with E-state index >= 15 is 0 Å². The summed E-state index contributed by atoms with van der Waals surface area (Å²) >= 11 is 0. The van der Waals surface area contributed by atoms with E-state index < -0.39 is 0 Å². The summed E-state index contributed by atoms with van der Waals surface area (Å²) < 4.78 is 6.91. The number of ether oxygens (including phenoxy) is 1. The molecule has 0 atom stereocenters. The molecular weight excluding hydrogens is 404 g/mol. The van der Waals surface area contributed by atoms with Crippen LogP contribution >= 0.6 is 0 Å². The number of tetrazole rings is 1. The van der Waals surface area contributed by atoms with E-state index in [2.05, 4.69) is 56.6 Å². The van der Waals surface area contributed by atoms with Crippen molar-refractivity contribution in [3.05, 3.63) is 87.0 Å². The fourth-order valence-corrected chi connectivity index (χ4v) is 3.83. The Hall–Kier alpha value is -3.36. The van der Waals surface area contributed by atoms with Gasteiger partial charge in [-0.2, -0.15) is 0 Å². The first-order chi connectivity index (χ1) is 15.5. The standard InChI is InChI=1S/C24H28N6O2/c1-17-9-10-20-13-21(24(31)25-23(20)18(17)2)15-29(14-19-7-5-4-6-8-19)16-22-26-27-28-30(22)11-12-32-3/h4-10,13H,11-12,14-16H2,1-3H3,(H,25,31). The molecule has 0 saturated carbocycles. The van der Waals surface area contributed by atoms with Crippen LogP contribution in [0.3, 0.4) is 0 Å². The van der Waals surface area contributed by atoms with Crippen molar-refractivity contribution >= 4 is 10.9 Å². The number of aromatic nitrogens is 5. The van der Waals surface area contributed by atoms with Crippen LogP contribution in [0.5, 0.6) is 0 Å². The Morgan fingerprint density at radius 3 is 2.66 bits per heavy atom.